The van der Waals surface area contributed by atoms with E-state index in [4.69, 9.17) is 40.1 Å². The molecule has 12 atom stereocenters. The van der Waals surface area contributed by atoms with Gasteiger partial charge in [0.15, 0.2) is 0 Å². The number of carbonyl (C=O) groups is 14. The standard InChI is InChI=1S/C68H120N24O15/c1-34(2)22-44(84-60(100)46(24-36(5)6)86-62(102)48(26-38(9)10)89-64(104)52-16-13-21-92(52)65(105)50(28-40-31-77-33-81-40)90-55(95)41(69)14-11-19-78-67(72)73)58(98)82-42(15-12-20-79-68(74)75)56(96)88-49(27-39-30-76-32-80-39)63(103)87-47(25-37(7)8)61(101)85-45(23-35(3)4)59(99)83-43(17-18-53(70)93)57(97)91-51(66(106)107)29-54(71)94/h30-38,41-52,67-68,78-79H,11-29,69,72-75H2,1-10H3,(H2,70,93)(H2,71,94)(H,76,80)(H,77,81)(H,82,98)(H,83,99)(H,84,100)(H,85,101)(H,86,102)(H,87,103)(H,88,96)(H,89,104)(H,90,95)(H,91,97)(H,106,107)/t41-,42-,43-,44-,45-,46-,47-,48-,49-,50-,51-,52-/m0/s1. The van der Waals surface area contributed by atoms with Gasteiger partial charge in [0.1, 0.15) is 79.0 Å². The Balaban J connectivity index is 1.95. The van der Waals surface area contributed by atoms with Gasteiger partial charge in [-0.15, -0.1) is 0 Å². The van der Waals surface area contributed by atoms with Crippen LogP contribution >= 0.6 is 0 Å². The van der Waals surface area contributed by atoms with Crippen LogP contribution in [0.1, 0.15) is 171 Å². The van der Waals surface area contributed by atoms with Crippen molar-refractivity contribution in [2.24, 2.45) is 69.7 Å². The quantitative estimate of drug-likeness (QED) is 0.0217. The van der Waals surface area contributed by atoms with Gasteiger partial charge in [0, 0.05) is 49.6 Å². The first-order valence-electron chi connectivity index (χ1n) is 36.6. The van der Waals surface area contributed by atoms with Gasteiger partial charge in [0.05, 0.1) is 25.1 Å². The molecule has 1 aliphatic rings. The lowest BCUT2D eigenvalue weighted by Crippen LogP contribution is -2.61. The normalized spacial score (nSPS) is 16.1. The van der Waals surface area contributed by atoms with Gasteiger partial charge < -0.3 is 113 Å². The first kappa shape index (κ1) is 91.9. The van der Waals surface area contributed by atoms with Crippen LogP contribution in [0.25, 0.3) is 0 Å². The molecule has 0 saturated carbocycles. The molecule has 39 nitrogen and oxygen atoms in total. The molecule has 0 spiro atoms. The Morgan fingerprint density at radius 2 is 0.794 bits per heavy atom. The van der Waals surface area contributed by atoms with E-state index < -0.39 is 187 Å². The summed E-state index contributed by atoms with van der Waals surface area (Å²) in [7, 11) is 0. The number of rotatable bonds is 51. The van der Waals surface area contributed by atoms with E-state index >= 15 is 0 Å². The number of carbonyl (C=O) groups excluding carboxylic acids is 13. The summed E-state index contributed by atoms with van der Waals surface area (Å²) in [5, 5.41) is 42.0. The number of nitrogens with one attached hydrogen (secondary N) is 14. The van der Waals surface area contributed by atoms with E-state index in [1.807, 2.05) is 27.7 Å². The van der Waals surface area contributed by atoms with Gasteiger partial charge in [-0.3, -0.25) is 73.0 Å². The van der Waals surface area contributed by atoms with Crippen LogP contribution < -0.4 is 104 Å². The monoisotopic (exact) mass is 1510 g/mol. The highest BCUT2D eigenvalue weighted by Crippen LogP contribution is 2.22. The zero-order chi connectivity index (χ0) is 80.4. The smallest absolute Gasteiger partial charge is 0.326 e. The number of aromatic nitrogens is 4. The minimum absolute atomic E-state index is 0.0134. The summed E-state index contributed by atoms with van der Waals surface area (Å²) in [6.45, 7) is 18.6. The van der Waals surface area contributed by atoms with Gasteiger partial charge in [-0.25, -0.2) is 14.8 Å². The lowest BCUT2D eigenvalue weighted by molar-refractivity contribution is -0.144. The highest BCUT2D eigenvalue weighted by Gasteiger charge is 2.42. The molecule has 1 saturated heterocycles. The van der Waals surface area contributed by atoms with Crippen LogP contribution in [0.3, 0.4) is 0 Å². The molecule has 1 fully saturated rings. The molecule has 0 bridgehead atoms. The second-order valence-electron chi connectivity index (χ2n) is 29.4. The molecule has 2 aromatic rings. The molecule has 29 N–H and O–H groups in total. The fourth-order valence-corrected chi connectivity index (χ4v) is 11.9. The molecule has 3 rings (SSSR count). The van der Waals surface area contributed by atoms with Crippen molar-refractivity contribution in [2.45, 2.75) is 257 Å². The van der Waals surface area contributed by atoms with Crippen LogP contribution in [0.5, 0.6) is 0 Å². The molecular formula is C68H120N24O15. The number of carboxylic acids is 1. The van der Waals surface area contributed by atoms with E-state index in [0.717, 1.165) is 0 Å². The van der Waals surface area contributed by atoms with Crippen molar-refractivity contribution in [3.8, 4) is 0 Å². The molecule has 0 unspecified atom stereocenters. The first-order valence-corrected chi connectivity index (χ1v) is 36.6. The molecule has 13 amide bonds. The fourth-order valence-electron chi connectivity index (χ4n) is 11.9. The number of hydrogen-bond acceptors (Lipinski definition) is 23. The van der Waals surface area contributed by atoms with Crippen molar-refractivity contribution in [1.82, 2.24) is 88.6 Å². The van der Waals surface area contributed by atoms with Gasteiger partial charge in [0.25, 0.3) is 0 Å². The predicted octanol–water partition coefficient (Wildman–Crippen LogP) is -5.32. The van der Waals surface area contributed by atoms with Crippen molar-refractivity contribution in [3.05, 3.63) is 36.4 Å². The van der Waals surface area contributed by atoms with E-state index in [9.17, 15) is 72.2 Å². The van der Waals surface area contributed by atoms with Crippen molar-refractivity contribution in [2.75, 3.05) is 19.6 Å². The number of imidazole rings is 2. The number of amides is 13. The van der Waals surface area contributed by atoms with Crippen molar-refractivity contribution in [1.29, 1.82) is 0 Å². The lowest BCUT2D eigenvalue weighted by Gasteiger charge is -2.31. The second kappa shape index (κ2) is 46.7. The number of primary amides is 2. The number of aromatic amines is 2. The topological polar surface area (TPSA) is 646 Å². The number of carboxylic acid groups (broad SMARTS) is 1. The van der Waals surface area contributed by atoms with Crippen LogP contribution in [-0.2, 0) is 80.0 Å². The lowest BCUT2D eigenvalue weighted by atomic mass is 9.98. The molecular weight excluding hydrogens is 1390 g/mol. The average Bonchev–Trinajstić information content (AvgIpc) is 1.72. The van der Waals surface area contributed by atoms with Gasteiger partial charge >= 0.3 is 5.97 Å². The highest BCUT2D eigenvalue weighted by atomic mass is 16.4. The summed E-state index contributed by atoms with van der Waals surface area (Å²) in [6, 6.07) is -16.3. The zero-order valence-corrected chi connectivity index (χ0v) is 63.3. The van der Waals surface area contributed by atoms with E-state index in [2.05, 4.69) is 83.7 Å². The van der Waals surface area contributed by atoms with Crippen molar-refractivity contribution < 1.29 is 72.2 Å². The summed E-state index contributed by atoms with van der Waals surface area (Å²) in [4.78, 5) is 209. The summed E-state index contributed by atoms with van der Waals surface area (Å²) < 4.78 is 0. The Labute approximate surface area is 624 Å². The second-order valence-corrected chi connectivity index (χ2v) is 29.4. The molecule has 0 radical (unpaired) electrons. The summed E-state index contributed by atoms with van der Waals surface area (Å²) in [5.41, 5.74) is 40.3. The fraction of sp³-hybridized carbons (Fsp3) is 0.706. The number of nitrogens with zero attached hydrogens (tertiary/aromatic N) is 3. The van der Waals surface area contributed by atoms with Crippen LogP contribution in [0.2, 0.25) is 0 Å². The SMILES string of the molecule is CC(C)C[C@H](NC(=O)[C@H](CC(C)C)NC(=O)[C@H](Cc1cnc[nH]1)NC(=O)[C@H](CCCNC(N)N)NC(=O)[C@H](CC(C)C)NC(=O)[C@H](CC(C)C)NC(=O)[C@H](CC(C)C)NC(=O)[C@@H]1CCCN1C(=O)[C@H](Cc1cnc[nH]1)NC(=O)[C@@H](N)CCCNC(N)N)C(=O)N[C@@H](CCC(N)=O)C(=O)N[C@@H](CC(N)=O)C(=O)O. The van der Waals surface area contributed by atoms with Crippen LogP contribution in [0, 0.1) is 29.6 Å². The number of likely N-dealkylation sites (tertiary alicyclic amines) is 1. The Hall–Kier alpha value is -9.28. The number of hydrogen-bond donors (Lipinski definition) is 22. The molecule has 602 valence electrons. The Kier molecular flexibility index (Phi) is 40.1. The van der Waals surface area contributed by atoms with E-state index in [1.165, 1.54) is 29.9 Å². The largest absolute Gasteiger partial charge is 0.480 e. The molecule has 0 aromatic carbocycles. The van der Waals surface area contributed by atoms with Crippen LogP contribution in [0.15, 0.2) is 25.0 Å². The molecule has 0 aliphatic carbocycles. The maximum atomic E-state index is 14.9. The molecule has 1 aliphatic heterocycles. The van der Waals surface area contributed by atoms with E-state index in [-0.39, 0.29) is 113 Å². The highest BCUT2D eigenvalue weighted by molar-refractivity contribution is 6.00. The number of H-pyrrole nitrogens is 2. The third kappa shape index (κ3) is 34.9. The maximum Gasteiger partial charge on any atom is 0.326 e. The van der Waals surface area contributed by atoms with Crippen LogP contribution in [-0.4, -0.2) is 217 Å². The molecule has 39 heteroatoms. The van der Waals surface area contributed by atoms with Gasteiger partial charge in [0.2, 0.25) is 76.8 Å². The van der Waals surface area contributed by atoms with Gasteiger partial charge in [-0.05, 0) is 120 Å². The minimum Gasteiger partial charge on any atom is -0.480 e. The van der Waals surface area contributed by atoms with E-state index in [1.54, 1.807) is 41.5 Å². The predicted molar refractivity (Wildman–Crippen MR) is 393 cm³/mol. The van der Waals surface area contributed by atoms with E-state index in [0.29, 0.717) is 30.8 Å². The summed E-state index contributed by atoms with van der Waals surface area (Å²) in [6.07, 6.45) is 3.49. The third-order valence-corrected chi connectivity index (χ3v) is 17.2. The van der Waals surface area contributed by atoms with Crippen molar-refractivity contribution in [3.63, 3.8) is 0 Å². The molecule has 3 heterocycles. The Morgan fingerprint density at radius 3 is 1.17 bits per heavy atom. The average molecular weight is 1510 g/mol. The number of nitrogens with two attached hydrogens (primary N) is 7. The zero-order valence-electron chi connectivity index (χ0n) is 63.3. The summed E-state index contributed by atoms with van der Waals surface area (Å²) >= 11 is 0. The first-order chi connectivity index (χ1) is 50.2. The van der Waals surface area contributed by atoms with Crippen molar-refractivity contribution >= 4 is 82.8 Å². The molecule has 107 heavy (non-hydrogen) atoms. The Morgan fingerprint density at radius 1 is 0.449 bits per heavy atom. The number of aliphatic carboxylic acids is 1. The minimum atomic E-state index is -1.80. The van der Waals surface area contributed by atoms with Crippen LogP contribution in [0.4, 0.5) is 0 Å². The maximum absolute atomic E-state index is 14.9. The Bertz CT molecular complexity index is 3210. The van der Waals surface area contributed by atoms with Gasteiger partial charge in [-0.1, -0.05) is 69.2 Å². The van der Waals surface area contributed by atoms with Gasteiger partial charge in [-0.2, -0.15) is 0 Å². The molecule has 2 aromatic heterocycles. The third-order valence-electron chi connectivity index (χ3n) is 17.2. The summed E-state index contributed by atoms with van der Waals surface area (Å²) in [5.74, 6) is -13.6.